The van der Waals surface area contributed by atoms with Crippen molar-refractivity contribution in [3.63, 3.8) is 0 Å². The first-order valence-corrected chi connectivity index (χ1v) is 7.69. The van der Waals surface area contributed by atoms with Gasteiger partial charge in [-0.05, 0) is 43.9 Å². The number of unbranched alkanes of at least 4 members (excludes halogenated alkanes) is 1. The van der Waals surface area contributed by atoms with Gasteiger partial charge in [0, 0.05) is 19.3 Å². The third-order valence-electron chi connectivity index (χ3n) is 3.19. The SMILES string of the molecule is C=CCCCN(C)S(=O)(=O)c1c(C)ccc(N)c1C. The van der Waals surface area contributed by atoms with E-state index in [0.717, 1.165) is 18.4 Å². The van der Waals surface area contributed by atoms with Crippen molar-refractivity contribution in [2.45, 2.75) is 31.6 Å². The van der Waals surface area contributed by atoms with E-state index in [2.05, 4.69) is 6.58 Å². The normalized spacial score (nSPS) is 11.8. The minimum Gasteiger partial charge on any atom is -0.398 e. The summed E-state index contributed by atoms with van der Waals surface area (Å²) < 4.78 is 26.5. The Morgan fingerprint density at radius 3 is 2.58 bits per heavy atom. The number of aryl methyl sites for hydroxylation is 1. The molecule has 0 aliphatic carbocycles. The van der Waals surface area contributed by atoms with Gasteiger partial charge in [0.15, 0.2) is 0 Å². The second-order valence-corrected chi connectivity index (χ2v) is 6.67. The van der Waals surface area contributed by atoms with Crippen LogP contribution in [0.15, 0.2) is 29.7 Å². The largest absolute Gasteiger partial charge is 0.398 e. The van der Waals surface area contributed by atoms with E-state index in [0.29, 0.717) is 22.7 Å². The summed E-state index contributed by atoms with van der Waals surface area (Å²) in [5.74, 6) is 0. The van der Waals surface area contributed by atoms with Gasteiger partial charge in [0.25, 0.3) is 0 Å². The lowest BCUT2D eigenvalue weighted by Crippen LogP contribution is -2.29. The van der Waals surface area contributed by atoms with Crippen LogP contribution in [0.3, 0.4) is 0 Å². The maximum Gasteiger partial charge on any atom is 0.243 e. The molecule has 0 radical (unpaired) electrons. The molecule has 2 N–H and O–H groups in total. The molecule has 19 heavy (non-hydrogen) atoms. The van der Waals surface area contributed by atoms with Crippen molar-refractivity contribution >= 4 is 15.7 Å². The highest BCUT2D eigenvalue weighted by atomic mass is 32.2. The van der Waals surface area contributed by atoms with E-state index >= 15 is 0 Å². The number of rotatable bonds is 6. The summed E-state index contributed by atoms with van der Waals surface area (Å²) in [7, 11) is -1.89. The van der Waals surface area contributed by atoms with Gasteiger partial charge >= 0.3 is 0 Å². The maximum absolute atomic E-state index is 12.6. The van der Waals surface area contributed by atoms with Gasteiger partial charge in [0.2, 0.25) is 10.0 Å². The monoisotopic (exact) mass is 282 g/mol. The third-order valence-corrected chi connectivity index (χ3v) is 5.34. The van der Waals surface area contributed by atoms with Crippen LogP contribution in [0.5, 0.6) is 0 Å². The number of hydrogen-bond acceptors (Lipinski definition) is 3. The molecule has 0 amide bonds. The van der Waals surface area contributed by atoms with Gasteiger partial charge < -0.3 is 5.73 Å². The summed E-state index contributed by atoms with van der Waals surface area (Å²) in [5, 5.41) is 0. The molecule has 0 aliphatic rings. The summed E-state index contributed by atoms with van der Waals surface area (Å²) in [6.07, 6.45) is 3.35. The van der Waals surface area contributed by atoms with E-state index in [9.17, 15) is 8.42 Å². The number of sulfonamides is 1. The van der Waals surface area contributed by atoms with Gasteiger partial charge in [0.05, 0.1) is 4.90 Å². The molecule has 0 spiro atoms. The molecule has 0 aliphatic heterocycles. The fourth-order valence-electron chi connectivity index (χ4n) is 1.97. The van der Waals surface area contributed by atoms with Crippen LogP contribution in [0.4, 0.5) is 5.69 Å². The molecule has 106 valence electrons. The van der Waals surface area contributed by atoms with Crippen LogP contribution in [0, 0.1) is 13.8 Å². The van der Waals surface area contributed by atoms with E-state index in [4.69, 9.17) is 5.73 Å². The van der Waals surface area contributed by atoms with Crippen LogP contribution in [-0.2, 0) is 10.0 Å². The molecular weight excluding hydrogens is 260 g/mol. The fraction of sp³-hybridized carbons (Fsp3) is 0.429. The highest BCUT2D eigenvalue weighted by Gasteiger charge is 2.25. The Balaban J connectivity index is 3.13. The Morgan fingerprint density at radius 2 is 2.00 bits per heavy atom. The van der Waals surface area contributed by atoms with Crippen molar-refractivity contribution in [2.24, 2.45) is 0 Å². The van der Waals surface area contributed by atoms with E-state index in [-0.39, 0.29) is 0 Å². The Kier molecular flexibility index (Phi) is 5.14. The number of nitrogens with two attached hydrogens (primary N) is 1. The van der Waals surface area contributed by atoms with Gasteiger partial charge in [-0.1, -0.05) is 12.1 Å². The topological polar surface area (TPSA) is 63.4 Å². The quantitative estimate of drug-likeness (QED) is 0.495. The molecule has 0 unspecified atom stereocenters. The number of nitrogen functional groups attached to an aromatic ring is 1. The molecule has 1 rings (SSSR count). The van der Waals surface area contributed by atoms with Crippen LogP contribution in [0.25, 0.3) is 0 Å². The minimum atomic E-state index is -3.48. The van der Waals surface area contributed by atoms with Gasteiger partial charge in [-0.15, -0.1) is 6.58 Å². The molecule has 4 nitrogen and oxygen atoms in total. The molecular formula is C14H22N2O2S. The number of nitrogens with zero attached hydrogens (tertiary/aromatic N) is 1. The van der Waals surface area contributed by atoms with Crippen molar-refractivity contribution < 1.29 is 8.42 Å². The molecule has 0 saturated carbocycles. The fourth-order valence-corrected chi connectivity index (χ4v) is 3.63. The number of allylic oxidation sites excluding steroid dienone is 1. The van der Waals surface area contributed by atoms with Gasteiger partial charge in [0.1, 0.15) is 0 Å². The first kappa shape index (κ1) is 15.7. The molecule has 1 aromatic carbocycles. The van der Waals surface area contributed by atoms with Crippen LogP contribution in [0.1, 0.15) is 24.0 Å². The average Bonchev–Trinajstić information content (AvgIpc) is 2.34. The number of anilines is 1. The van der Waals surface area contributed by atoms with Gasteiger partial charge in [-0.25, -0.2) is 12.7 Å². The summed E-state index contributed by atoms with van der Waals surface area (Å²) in [5.41, 5.74) is 7.66. The predicted molar refractivity (Wildman–Crippen MR) is 79.6 cm³/mol. The van der Waals surface area contributed by atoms with Crippen molar-refractivity contribution in [1.29, 1.82) is 0 Å². The average molecular weight is 282 g/mol. The zero-order valence-corrected chi connectivity index (χ0v) is 12.6. The Labute approximate surface area is 116 Å². The summed E-state index contributed by atoms with van der Waals surface area (Å²) in [4.78, 5) is 0.327. The second kappa shape index (κ2) is 6.21. The lowest BCUT2D eigenvalue weighted by molar-refractivity contribution is 0.462. The Hall–Kier alpha value is -1.33. The smallest absolute Gasteiger partial charge is 0.243 e. The molecule has 0 fully saturated rings. The van der Waals surface area contributed by atoms with E-state index in [1.807, 2.05) is 0 Å². The first-order chi connectivity index (χ1) is 8.82. The molecule has 0 saturated heterocycles. The molecule has 0 heterocycles. The summed E-state index contributed by atoms with van der Waals surface area (Å²) in [6.45, 7) is 7.64. The highest BCUT2D eigenvalue weighted by molar-refractivity contribution is 7.89. The number of hydrogen-bond donors (Lipinski definition) is 1. The van der Waals surface area contributed by atoms with Crippen molar-refractivity contribution in [1.82, 2.24) is 4.31 Å². The van der Waals surface area contributed by atoms with Crippen molar-refractivity contribution in [2.75, 3.05) is 19.3 Å². The third kappa shape index (κ3) is 3.36. The van der Waals surface area contributed by atoms with Gasteiger partial charge in [-0.2, -0.15) is 0 Å². The maximum atomic E-state index is 12.6. The van der Waals surface area contributed by atoms with Gasteiger partial charge in [-0.3, -0.25) is 0 Å². The van der Waals surface area contributed by atoms with Crippen molar-refractivity contribution in [3.05, 3.63) is 35.9 Å². The lowest BCUT2D eigenvalue weighted by atomic mass is 10.1. The summed E-state index contributed by atoms with van der Waals surface area (Å²) >= 11 is 0. The summed E-state index contributed by atoms with van der Waals surface area (Å²) in [6, 6.07) is 3.48. The zero-order chi connectivity index (χ0) is 14.6. The lowest BCUT2D eigenvalue weighted by Gasteiger charge is -2.20. The predicted octanol–water partition coefficient (Wildman–Crippen LogP) is 2.47. The van der Waals surface area contributed by atoms with E-state index in [1.54, 1.807) is 39.1 Å². The highest BCUT2D eigenvalue weighted by Crippen LogP contribution is 2.27. The second-order valence-electron chi connectivity index (χ2n) is 4.68. The Bertz CT molecular complexity index is 565. The van der Waals surface area contributed by atoms with E-state index < -0.39 is 10.0 Å². The minimum absolute atomic E-state index is 0.327. The van der Waals surface area contributed by atoms with Crippen LogP contribution < -0.4 is 5.73 Å². The molecule has 1 aromatic rings. The van der Waals surface area contributed by atoms with Crippen LogP contribution >= 0.6 is 0 Å². The molecule has 5 heteroatoms. The van der Waals surface area contributed by atoms with E-state index in [1.165, 1.54) is 4.31 Å². The first-order valence-electron chi connectivity index (χ1n) is 6.25. The number of benzene rings is 1. The van der Waals surface area contributed by atoms with Crippen LogP contribution in [-0.4, -0.2) is 26.3 Å². The molecule has 0 atom stereocenters. The Morgan fingerprint density at radius 1 is 1.37 bits per heavy atom. The van der Waals surface area contributed by atoms with Crippen LogP contribution in [0.2, 0.25) is 0 Å². The zero-order valence-electron chi connectivity index (χ0n) is 11.8. The van der Waals surface area contributed by atoms with Crippen molar-refractivity contribution in [3.8, 4) is 0 Å². The standard InChI is InChI=1S/C14H22N2O2S/c1-5-6-7-10-16(4)19(17,18)14-11(2)8-9-13(15)12(14)3/h5,8-9H,1,6-7,10,15H2,2-4H3. The molecule has 0 bridgehead atoms. The molecule has 0 aromatic heterocycles.